The molecule has 0 bridgehead atoms. The molecular formula is C12H8BrF2NO. The summed E-state index contributed by atoms with van der Waals surface area (Å²) in [7, 11) is 0. The monoisotopic (exact) mass is 299 g/mol. The first-order chi connectivity index (χ1) is 8.04. The summed E-state index contributed by atoms with van der Waals surface area (Å²) in [5, 5.41) is 0. The van der Waals surface area contributed by atoms with Crippen molar-refractivity contribution in [3.63, 3.8) is 0 Å². The predicted molar refractivity (Wildman–Crippen MR) is 65.0 cm³/mol. The van der Waals surface area contributed by atoms with Gasteiger partial charge in [0, 0.05) is 22.7 Å². The van der Waals surface area contributed by atoms with Gasteiger partial charge in [0.2, 0.25) is 0 Å². The van der Waals surface area contributed by atoms with Crippen LogP contribution in [0, 0.1) is 11.6 Å². The van der Waals surface area contributed by atoms with Gasteiger partial charge in [-0.05, 0) is 18.2 Å². The van der Waals surface area contributed by atoms with Crippen LogP contribution in [-0.2, 0) is 0 Å². The minimum atomic E-state index is -0.700. The molecule has 0 aliphatic heterocycles. The van der Waals surface area contributed by atoms with E-state index in [1.54, 1.807) is 18.2 Å². The largest absolute Gasteiger partial charge is 0.455 e. The Morgan fingerprint density at radius 2 is 1.65 bits per heavy atom. The molecule has 0 fully saturated rings. The molecule has 2 nitrogen and oxygen atoms in total. The van der Waals surface area contributed by atoms with Crippen LogP contribution >= 0.6 is 15.9 Å². The van der Waals surface area contributed by atoms with Crippen LogP contribution in [0.1, 0.15) is 0 Å². The molecule has 0 unspecified atom stereocenters. The molecule has 0 saturated heterocycles. The zero-order valence-electron chi connectivity index (χ0n) is 8.58. The fourth-order valence-electron chi connectivity index (χ4n) is 1.31. The average molecular weight is 300 g/mol. The summed E-state index contributed by atoms with van der Waals surface area (Å²) in [5.74, 6) is -1.00. The molecule has 0 aromatic heterocycles. The lowest BCUT2D eigenvalue weighted by molar-refractivity contribution is 0.470. The maximum absolute atomic E-state index is 13.0. The third-order valence-corrected chi connectivity index (χ3v) is 2.53. The Morgan fingerprint density at radius 1 is 1.00 bits per heavy atom. The Labute approximate surface area is 105 Å². The van der Waals surface area contributed by atoms with Crippen LogP contribution < -0.4 is 10.5 Å². The van der Waals surface area contributed by atoms with Gasteiger partial charge in [0.25, 0.3) is 0 Å². The maximum Gasteiger partial charge on any atom is 0.151 e. The lowest BCUT2D eigenvalue weighted by Crippen LogP contribution is -1.93. The molecule has 2 aromatic carbocycles. The molecule has 17 heavy (non-hydrogen) atoms. The summed E-state index contributed by atoms with van der Waals surface area (Å²) in [6.07, 6.45) is 0. The molecule has 0 aliphatic carbocycles. The number of benzene rings is 2. The minimum Gasteiger partial charge on any atom is -0.455 e. The van der Waals surface area contributed by atoms with Crippen molar-refractivity contribution in [1.29, 1.82) is 0 Å². The molecule has 2 N–H and O–H groups in total. The Hall–Kier alpha value is -1.62. The number of nitrogens with two attached hydrogens (primary N) is 1. The summed E-state index contributed by atoms with van der Waals surface area (Å²) in [6, 6.07) is 7.95. The number of anilines is 1. The van der Waals surface area contributed by atoms with Crippen molar-refractivity contribution >= 4 is 21.6 Å². The Morgan fingerprint density at radius 3 is 2.29 bits per heavy atom. The van der Waals surface area contributed by atoms with E-state index in [1.165, 1.54) is 0 Å². The Balaban J connectivity index is 2.34. The topological polar surface area (TPSA) is 35.2 Å². The second-order valence-electron chi connectivity index (χ2n) is 3.39. The van der Waals surface area contributed by atoms with Gasteiger partial charge in [0.05, 0.1) is 5.69 Å². The van der Waals surface area contributed by atoms with Crippen molar-refractivity contribution in [3.8, 4) is 11.5 Å². The van der Waals surface area contributed by atoms with Crippen molar-refractivity contribution in [2.75, 3.05) is 5.73 Å². The predicted octanol–water partition coefficient (Wildman–Crippen LogP) is 4.10. The number of hydrogen-bond donors (Lipinski definition) is 1. The first kappa shape index (κ1) is 11.9. The molecule has 0 spiro atoms. The highest BCUT2D eigenvalue weighted by Gasteiger charge is 2.06. The number of rotatable bonds is 2. The van der Waals surface area contributed by atoms with E-state index in [-0.39, 0.29) is 5.75 Å². The van der Waals surface area contributed by atoms with Crippen LogP contribution in [0.3, 0.4) is 0 Å². The molecule has 0 amide bonds. The maximum atomic E-state index is 13.0. The van der Waals surface area contributed by atoms with Crippen molar-refractivity contribution in [1.82, 2.24) is 0 Å². The quantitative estimate of drug-likeness (QED) is 0.847. The van der Waals surface area contributed by atoms with E-state index in [2.05, 4.69) is 15.9 Å². The number of nitrogen functional groups attached to an aromatic ring is 1. The smallest absolute Gasteiger partial charge is 0.151 e. The minimum absolute atomic E-state index is 0.0623. The van der Waals surface area contributed by atoms with Crippen LogP contribution in [0.25, 0.3) is 0 Å². The fourth-order valence-corrected chi connectivity index (χ4v) is 1.65. The number of halogens is 3. The molecular weight excluding hydrogens is 292 g/mol. The Bertz CT molecular complexity index is 540. The third-order valence-electron chi connectivity index (χ3n) is 2.04. The van der Waals surface area contributed by atoms with E-state index >= 15 is 0 Å². The van der Waals surface area contributed by atoms with Crippen LogP contribution in [0.5, 0.6) is 11.5 Å². The molecule has 0 heterocycles. The molecule has 88 valence electrons. The molecule has 0 radical (unpaired) electrons. The molecule has 5 heteroatoms. The summed E-state index contributed by atoms with van der Waals surface area (Å²) < 4.78 is 32.0. The second kappa shape index (κ2) is 4.71. The zero-order valence-corrected chi connectivity index (χ0v) is 10.2. The van der Waals surface area contributed by atoms with Gasteiger partial charge in [0.1, 0.15) is 17.4 Å². The molecule has 0 aliphatic rings. The van der Waals surface area contributed by atoms with Gasteiger partial charge in [-0.2, -0.15) is 0 Å². The van der Waals surface area contributed by atoms with Gasteiger partial charge in [-0.15, -0.1) is 0 Å². The van der Waals surface area contributed by atoms with Gasteiger partial charge in [-0.1, -0.05) is 15.9 Å². The van der Waals surface area contributed by atoms with Crippen molar-refractivity contribution in [2.45, 2.75) is 0 Å². The van der Waals surface area contributed by atoms with Crippen LogP contribution in [-0.4, -0.2) is 0 Å². The van der Waals surface area contributed by atoms with Crippen LogP contribution in [0.15, 0.2) is 40.9 Å². The lowest BCUT2D eigenvalue weighted by Gasteiger charge is -2.09. The lowest BCUT2D eigenvalue weighted by atomic mass is 10.3. The molecule has 2 aromatic rings. The standard InChI is InChI=1S/C12H8BrF2NO/c13-7-1-2-11(16)12(3-7)17-10-5-8(14)4-9(15)6-10/h1-6H,16H2. The summed E-state index contributed by atoms with van der Waals surface area (Å²) in [5.41, 5.74) is 6.07. The summed E-state index contributed by atoms with van der Waals surface area (Å²) in [6.45, 7) is 0. The van der Waals surface area contributed by atoms with E-state index in [1.807, 2.05) is 0 Å². The van der Waals surface area contributed by atoms with Crippen LogP contribution in [0.2, 0.25) is 0 Å². The van der Waals surface area contributed by atoms with Crippen LogP contribution in [0.4, 0.5) is 14.5 Å². The van der Waals surface area contributed by atoms with Gasteiger partial charge in [0.15, 0.2) is 5.75 Å². The van der Waals surface area contributed by atoms with Gasteiger partial charge < -0.3 is 10.5 Å². The summed E-state index contributed by atoms with van der Waals surface area (Å²) in [4.78, 5) is 0. The first-order valence-corrected chi connectivity index (χ1v) is 5.53. The van der Waals surface area contributed by atoms with Crippen molar-refractivity contribution in [3.05, 3.63) is 52.5 Å². The molecule has 2 rings (SSSR count). The van der Waals surface area contributed by atoms with Crippen molar-refractivity contribution in [2.24, 2.45) is 0 Å². The third kappa shape index (κ3) is 2.94. The van der Waals surface area contributed by atoms with Gasteiger partial charge in [-0.3, -0.25) is 0 Å². The van der Waals surface area contributed by atoms with E-state index in [4.69, 9.17) is 10.5 Å². The zero-order chi connectivity index (χ0) is 12.4. The normalized spacial score (nSPS) is 10.3. The van der Waals surface area contributed by atoms with E-state index in [0.29, 0.717) is 11.4 Å². The highest BCUT2D eigenvalue weighted by molar-refractivity contribution is 9.10. The van der Waals surface area contributed by atoms with Gasteiger partial charge in [-0.25, -0.2) is 8.78 Å². The SMILES string of the molecule is Nc1ccc(Br)cc1Oc1cc(F)cc(F)c1. The second-order valence-corrected chi connectivity index (χ2v) is 4.31. The average Bonchev–Trinajstić information content (AvgIpc) is 2.22. The number of hydrogen-bond acceptors (Lipinski definition) is 2. The number of ether oxygens (including phenoxy) is 1. The fraction of sp³-hybridized carbons (Fsp3) is 0. The van der Waals surface area contributed by atoms with Crippen molar-refractivity contribution < 1.29 is 13.5 Å². The van der Waals surface area contributed by atoms with E-state index in [0.717, 1.165) is 22.7 Å². The highest BCUT2D eigenvalue weighted by Crippen LogP contribution is 2.30. The molecule has 0 atom stereocenters. The van der Waals surface area contributed by atoms with E-state index < -0.39 is 11.6 Å². The highest BCUT2D eigenvalue weighted by atomic mass is 79.9. The Kier molecular flexibility index (Phi) is 3.28. The van der Waals surface area contributed by atoms with Gasteiger partial charge >= 0.3 is 0 Å². The van der Waals surface area contributed by atoms with E-state index in [9.17, 15) is 8.78 Å². The summed E-state index contributed by atoms with van der Waals surface area (Å²) >= 11 is 3.25. The first-order valence-electron chi connectivity index (χ1n) is 4.73. The molecule has 0 saturated carbocycles.